The minimum absolute atomic E-state index is 0. The molecule has 2 aliphatic rings. The number of aryl methyl sites for hydroxylation is 2. The van der Waals surface area contributed by atoms with Crippen LogP contribution in [0.15, 0.2) is 97.1 Å². The monoisotopic (exact) mass is 909 g/mol. The van der Waals surface area contributed by atoms with E-state index in [0.29, 0.717) is 11.1 Å². The Kier molecular flexibility index (Phi) is 23.2. The summed E-state index contributed by atoms with van der Waals surface area (Å²) >= 11 is 0. The number of morpholine rings is 2. The van der Waals surface area contributed by atoms with Gasteiger partial charge in [0.25, 0.3) is 23.6 Å². The standard InChI is InChI=1S/C24H32N4O4.C24H28N4O4.2CH4/c2*1-17(25)22(24(30)27-31)26-23(29)21-10-8-19(9-11-21)3-2-18-4-6-20(7-5-18)16-28-12-14-32-15-13-28;;/h4-11,17,22,31H,2-3,12-16,25H2,1H3,(H,26,29)(H,27,30);4-11,17,22,31H,12-16,25H2,1H3,(H,26,29)(H,27,30);2*1H4/t2*17-,22+;;/m11../s1. The van der Waals surface area contributed by atoms with Gasteiger partial charge in [-0.15, -0.1) is 0 Å². The SMILES string of the molecule is C.C.C[C@@H](N)[C@H](NC(=O)c1ccc(C#Cc2ccc(CN3CCOCC3)cc2)cc1)C(=O)NO.C[C@@H](N)[C@H](NC(=O)c1ccc(CCc2ccc(CN3CCOCC3)cc2)cc1)C(=O)NO. The van der Waals surface area contributed by atoms with Crippen LogP contribution in [-0.2, 0) is 45.0 Å². The van der Waals surface area contributed by atoms with Crippen molar-refractivity contribution in [1.82, 2.24) is 31.4 Å². The predicted octanol–water partition coefficient (Wildman–Crippen LogP) is 3.40. The van der Waals surface area contributed by atoms with Crippen LogP contribution in [0.2, 0.25) is 0 Å². The number of rotatable bonds is 15. The first-order valence-corrected chi connectivity index (χ1v) is 21.4. The van der Waals surface area contributed by atoms with E-state index in [1.54, 1.807) is 50.2 Å². The summed E-state index contributed by atoms with van der Waals surface area (Å²) in [7, 11) is 0. The maximum absolute atomic E-state index is 12.4. The van der Waals surface area contributed by atoms with Gasteiger partial charge in [-0.05, 0) is 97.5 Å². The quantitative estimate of drug-likeness (QED) is 0.0488. The number of nitrogens with one attached hydrogen (secondary N) is 4. The summed E-state index contributed by atoms with van der Waals surface area (Å²) in [5.74, 6) is 3.81. The zero-order valence-electron chi connectivity index (χ0n) is 36.4. The number of benzene rings is 4. The summed E-state index contributed by atoms with van der Waals surface area (Å²) in [6.45, 7) is 12.1. The van der Waals surface area contributed by atoms with E-state index in [9.17, 15) is 19.2 Å². The number of hydroxylamine groups is 2. The molecule has 0 spiro atoms. The first-order valence-electron chi connectivity index (χ1n) is 21.4. The number of amides is 4. The minimum atomic E-state index is -1.04. The maximum Gasteiger partial charge on any atom is 0.267 e. The minimum Gasteiger partial charge on any atom is -0.379 e. The van der Waals surface area contributed by atoms with Crippen LogP contribution in [0.3, 0.4) is 0 Å². The second-order valence-electron chi connectivity index (χ2n) is 15.9. The Morgan fingerprint density at radius 3 is 1.20 bits per heavy atom. The highest BCUT2D eigenvalue weighted by molar-refractivity contribution is 5.98. The molecular formula is C50H68N8O8. The highest BCUT2D eigenvalue weighted by Gasteiger charge is 2.26. The van der Waals surface area contributed by atoms with Crippen molar-refractivity contribution in [3.63, 3.8) is 0 Å². The van der Waals surface area contributed by atoms with Gasteiger partial charge in [0.05, 0.1) is 26.4 Å². The average Bonchev–Trinajstić information content (AvgIpc) is 3.32. The average molecular weight is 909 g/mol. The van der Waals surface area contributed by atoms with Gasteiger partial charge >= 0.3 is 0 Å². The Bertz CT molecular complexity index is 2160. The van der Waals surface area contributed by atoms with Crippen molar-refractivity contribution in [2.75, 3.05) is 52.6 Å². The third kappa shape index (κ3) is 17.4. The van der Waals surface area contributed by atoms with Crippen molar-refractivity contribution in [1.29, 1.82) is 0 Å². The third-order valence-electron chi connectivity index (χ3n) is 10.8. The molecule has 2 fully saturated rings. The van der Waals surface area contributed by atoms with Gasteiger partial charge < -0.3 is 31.6 Å². The van der Waals surface area contributed by atoms with Crippen LogP contribution in [0.4, 0.5) is 0 Å². The van der Waals surface area contributed by atoms with Crippen molar-refractivity contribution in [3.05, 3.63) is 142 Å². The lowest BCUT2D eigenvalue weighted by atomic mass is 10.0. The Balaban J connectivity index is 0.000000340. The van der Waals surface area contributed by atoms with E-state index in [1.165, 1.54) is 27.7 Å². The largest absolute Gasteiger partial charge is 0.379 e. The zero-order valence-corrected chi connectivity index (χ0v) is 36.4. The molecule has 0 bridgehead atoms. The normalized spacial score (nSPS) is 15.5. The lowest BCUT2D eigenvalue weighted by molar-refractivity contribution is -0.132. The van der Waals surface area contributed by atoms with Crippen LogP contribution < -0.4 is 33.1 Å². The Morgan fingerprint density at radius 1 is 0.545 bits per heavy atom. The fraction of sp³-hybridized carbons (Fsp3) is 0.400. The van der Waals surface area contributed by atoms with Crippen molar-refractivity contribution >= 4 is 23.6 Å². The highest BCUT2D eigenvalue weighted by atomic mass is 16.5. The number of ether oxygens (including phenoxy) is 2. The first kappa shape index (κ1) is 54.3. The fourth-order valence-corrected chi connectivity index (χ4v) is 6.96. The van der Waals surface area contributed by atoms with Crippen molar-refractivity contribution in [2.24, 2.45) is 11.5 Å². The fourth-order valence-electron chi connectivity index (χ4n) is 6.96. The smallest absolute Gasteiger partial charge is 0.267 e. The van der Waals surface area contributed by atoms with Crippen molar-refractivity contribution < 1.29 is 39.1 Å². The second kappa shape index (κ2) is 28.1. The molecule has 2 aliphatic heterocycles. The number of hydrogen-bond donors (Lipinski definition) is 8. The summed E-state index contributed by atoms with van der Waals surface area (Å²) in [5.41, 5.74) is 21.9. The van der Waals surface area contributed by atoms with Gasteiger partial charge in [0.2, 0.25) is 0 Å². The predicted molar refractivity (Wildman–Crippen MR) is 254 cm³/mol. The van der Waals surface area contributed by atoms with Gasteiger partial charge in [-0.25, -0.2) is 11.0 Å². The molecular weight excluding hydrogens is 841 g/mol. The molecule has 4 atom stereocenters. The summed E-state index contributed by atoms with van der Waals surface area (Å²) in [5, 5.41) is 22.7. The maximum atomic E-state index is 12.4. The van der Waals surface area contributed by atoms with E-state index in [0.717, 1.165) is 95.2 Å². The van der Waals surface area contributed by atoms with Gasteiger partial charge in [0, 0.05) is 73.6 Å². The van der Waals surface area contributed by atoms with E-state index in [2.05, 4.69) is 68.7 Å². The van der Waals surface area contributed by atoms with Gasteiger partial charge in [-0.3, -0.25) is 39.4 Å². The van der Waals surface area contributed by atoms with Crippen LogP contribution in [0.5, 0.6) is 0 Å². The summed E-state index contributed by atoms with van der Waals surface area (Å²) < 4.78 is 10.8. The van der Waals surface area contributed by atoms with E-state index in [1.807, 2.05) is 24.3 Å². The molecule has 66 heavy (non-hydrogen) atoms. The Labute approximate surface area is 389 Å². The molecule has 356 valence electrons. The van der Waals surface area contributed by atoms with Crippen LogP contribution in [-0.4, -0.2) is 121 Å². The van der Waals surface area contributed by atoms with Gasteiger partial charge in [0.15, 0.2) is 0 Å². The molecule has 2 heterocycles. The van der Waals surface area contributed by atoms with E-state index >= 15 is 0 Å². The van der Waals surface area contributed by atoms with Gasteiger partial charge in [0.1, 0.15) is 12.1 Å². The number of nitrogens with zero attached hydrogens (tertiary/aromatic N) is 2. The molecule has 10 N–H and O–H groups in total. The lowest BCUT2D eigenvalue weighted by Crippen LogP contribution is -2.54. The Morgan fingerprint density at radius 2 is 0.848 bits per heavy atom. The zero-order chi connectivity index (χ0) is 45.8. The van der Waals surface area contributed by atoms with Crippen LogP contribution in [0.1, 0.15) is 82.8 Å². The van der Waals surface area contributed by atoms with Crippen LogP contribution in [0.25, 0.3) is 0 Å². The van der Waals surface area contributed by atoms with Crippen molar-refractivity contribution in [2.45, 2.75) is 78.8 Å². The molecule has 0 unspecified atom stereocenters. The van der Waals surface area contributed by atoms with E-state index in [4.69, 9.17) is 31.4 Å². The van der Waals surface area contributed by atoms with E-state index < -0.39 is 47.8 Å². The molecule has 6 rings (SSSR count). The lowest BCUT2D eigenvalue weighted by Gasteiger charge is -2.26. The summed E-state index contributed by atoms with van der Waals surface area (Å²) in [4.78, 5) is 52.8. The third-order valence-corrected chi connectivity index (χ3v) is 10.8. The molecule has 0 saturated carbocycles. The van der Waals surface area contributed by atoms with Crippen LogP contribution >= 0.6 is 0 Å². The molecule has 0 aliphatic carbocycles. The molecule has 4 aromatic carbocycles. The molecule has 0 aromatic heterocycles. The molecule has 0 radical (unpaired) electrons. The van der Waals surface area contributed by atoms with Gasteiger partial charge in [-0.1, -0.05) is 75.2 Å². The number of carbonyl (C=O) groups is 4. The number of hydrogen-bond acceptors (Lipinski definition) is 12. The Hall–Kier alpha value is -6.00. The molecule has 2 saturated heterocycles. The van der Waals surface area contributed by atoms with E-state index in [-0.39, 0.29) is 14.9 Å². The summed E-state index contributed by atoms with van der Waals surface area (Å²) in [6, 6.07) is 27.5. The number of carbonyl (C=O) groups excluding carboxylic acids is 4. The molecule has 4 amide bonds. The molecule has 16 nitrogen and oxygen atoms in total. The molecule has 4 aromatic rings. The number of nitrogens with two attached hydrogens (primary N) is 2. The van der Waals surface area contributed by atoms with Crippen molar-refractivity contribution in [3.8, 4) is 11.8 Å². The second-order valence-corrected chi connectivity index (χ2v) is 15.9. The molecule has 16 heteroatoms. The van der Waals surface area contributed by atoms with Crippen LogP contribution in [0, 0.1) is 11.8 Å². The highest BCUT2D eigenvalue weighted by Crippen LogP contribution is 2.14. The first-order chi connectivity index (χ1) is 30.9. The topological polar surface area (TPSA) is 234 Å². The van der Waals surface area contributed by atoms with Gasteiger partial charge in [-0.2, -0.15) is 0 Å². The summed E-state index contributed by atoms with van der Waals surface area (Å²) in [6.07, 6.45) is 1.77.